The molecule has 2 heterocycles. The molecule has 0 fully saturated rings. The average Bonchev–Trinajstić information content (AvgIpc) is 3.81. The van der Waals surface area contributed by atoms with Gasteiger partial charge in [-0.3, -0.25) is 4.55 Å². The summed E-state index contributed by atoms with van der Waals surface area (Å²) in [6.07, 6.45) is 4.51. The van der Waals surface area contributed by atoms with Crippen LogP contribution in [0.2, 0.25) is 0 Å². The molecule has 61 heavy (non-hydrogen) atoms. The van der Waals surface area contributed by atoms with E-state index in [1.807, 2.05) is 150 Å². The topological polar surface area (TPSA) is 123 Å². The molecule has 6 aromatic carbocycles. The Morgan fingerprint density at radius 1 is 0.803 bits per heavy atom. The molecule has 0 spiro atoms. The number of allylic oxidation sites excluding steroid dienone is 2. The van der Waals surface area contributed by atoms with Gasteiger partial charge in [-0.25, -0.2) is 5.26 Å². The van der Waals surface area contributed by atoms with Crippen LogP contribution in [0, 0.1) is 0 Å². The van der Waals surface area contributed by atoms with E-state index in [1.54, 1.807) is 35.7 Å². The third-order valence-corrected chi connectivity index (χ3v) is 14.5. The maximum atomic E-state index is 12.8. The third kappa shape index (κ3) is 8.96. The van der Waals surface area contributed by atoms with Crippen LogP contribution < -0.4 is 14.2 Å². The van der Waals surface area contributed by atoms with Crippen molar-refractivity contribution in [2.45, 2.75) is 35.8 Å². The van der Waals surface area contributed by atoms with Crippen LogP contribution in [0.15, 0.2) is 197 Å². The number of aromatic nitrogens is 1. The van der Waals surface area contributed by atoms with E-state index in [-0.39, 0.29) is 18.8 Å². The zero-order chi connectivity index (χ0) is 42.4. The van der Waals surface area contributed by atoms with Crippen molar-refractivity contribution in [1.82, 2.24) is 0 Å². The summed E-state index contributed by atoms with van der Waals surface area (Å²) in [4.78, 5) is 2.73. The number of benzene rings is 6. The summed E-state index contributed by atoms with van der Waals surface area (Å²) in [6, 6.07) is 50.2. The molecule has 10 nitrogen and oxygen atoms in total. The fraction of sp³-hybridized carbons (Fsp3) is 0.122. The molecule has 0 saturated carbocycles. The monoisotopic (exact) mass is 853 g/mol. The van der Waals surface area contributed by atoms with Gasteiger partial charge in [0.05, 0.1) is 11.8 Å². The molecule has 7 aromatic rings. The lowest BCUT2D eigenvalue weighted by Gasteiger charge is -2.29. The number of oxazole rings is 1. The molecule has 0 aliphatic carbocycles. The third-order valence-electron chi connectivity index (χ3n) is 10.7. The molecule has 0 radical (unpaired) electrons. The van der Waals surface area contributed by atoms with Gasteiger partial charge >= 0.3 is 5.89 Å². The van der Waals surface area contributed by atoms with Crippen LogP contribution in [0.3, 0.4) is 0 Å². The summed E-state index contributed by atoms with van der Waals surface area (Å²) >= 11 is 0. The molecule has 1 aliphatic heterocycles. The Hall–Kier alpha value is -6.25. The van der Waals surface area contributed by atoms with Gasteiger partial charge in [0.25, 0.3) is 15.6 Å². The van der Waals surface area contributed by atoms with Crippen molar-refractivity contribution in [3.8, 4) is 28.0 Å². The summed E-state index contributed by atoms with van der Waals surface area (Å²) in [5, 5.41) is 14.7. The lowest BCUT2D eigenvalue weighted by Crippen LogP contribution is -2.38. The first-order chi connectivity index (χ1) is 29.7. The van der Waals surface area contributed by atoms with E-state index in [0.717, 1.165) is 43.9 Å². The minimum Gasteiger partial charge on any atom is -0.439 e. The number of anilines is 1. The number of hydrogen-bond donors (Lipinski definition) is 2. The summed E-state index contributed by atoms with van der Waals surface area (Å²) in [6.45, 7) is 6.36. The summed E-state index contributed by atoms with van der Waals surface area (Å²) < 4.78 is 57.0. The highest BCUT2D eigenvalue weighted by Crippen LogP contribution is 2.58. The summed E-state index contributed by atoms with van der Waals surface area (Å²) in [5.74, 6) is 1.77. The van der Waals surface area contributed by atoms with E-state index >= 15 is 0 Å². The van der Waals surface area contributed by atoms with Gasteiger partial charge in [0, 0.05) is 33.9 Å². The summed E-state index contributed by atoms with van der Waals surface area (Å²) in [5.41, 5.74) is 7.50. The van der Waals surface area contributed by atoms with Crippen LogP contribution in [0.1, 0.15) is 36.5 Å². The molecule has 0 amide bonds. The second-order valence-corrected chi connectivity index (χ2v) is 18.7. The Morgan fingerprint density at radius 2 is 1.41 bits per heavy atom. The van der Waals surface area contributed by atoms with E-state index in [0.29, 0.717) is 35.1 Å². The van der Waals surface area contributed by atoms with Crippen LogP contribution in [0.4, 0.5) is 5.69 Å². The first kappa shape index (κ1) is 41.5. The van der Waals surface area contributed by atoms with Gasteiger partial charge in [0.2, 0.25) is 17.3 Å². The minimum absolute atomic E-state index is 0.0792. The Kier molecular flexibility index (Phi) is 12.4. The Morgan fingerprint density at radius 3 is 2.02 bits per heavy atom. The number of ether oxygens (including phenoxy) is 1. The van der Waals surface area contributed by atoms with E-state index in [2.05, 4.69) is 17.7 Å². The maximum absolute atomic E-state index is 12.8. The molecular weight excluding hydrogens is 809 g/mol. The molecule has 310 valence electrons. The first-order valence-corrected chi connectivity index (χ1v) is 23.1. The summed E-state index contributed by atoms with van der Waals surface area (Å²) in [7, 11) is -6.98. The van der Waals surface area contributed by atoms with Crippen molar-refractivity contribution in [3.05, 3.63) is 199 Å². The van der Waals surface area contributed by atoms with Gasteiger partial charge < -0.3 is 14.1 Å². The molecule has 2 unspecified atom stereocenters. The van der Waals surface area contributed by atoms with E-state index in [4.69, 9.17) is 13.5 Å². The SMILES string of the molecule is C=CS(C[n+]1c(C=C(C=C2Oc3ccc(-c4ccccc4)cc3N2CCC(c2ccccc2)S(=O)(=O)O)CC)oc2ccc(-c3ccccc3)cc21)(OOO)c1ccccc1. The molecular formula is C49H45N2O8S2+. The standard InChI is InChI=1S/C49H44N2O8S2/c1-3-36(31-48-50(30-29-47(61(53,54)55)39-21-13-7-14-22-39)43-33-40(25-27-45(43)56-48)37-17-9-5-10-18-37)32-49-51(35-60(4-2,59-58-52)42-23-15-8-16-24-42)44-34-41(26-28-46(44)57-49)38-19-11-6-12-20-38/h4-28,31-34,47H,2-3,29-30,35H2,1H3,(H-,52,53,54,55)/p+1. The fourth-order valence-corrected chi connectivity index (χ4v) is 10.5. The molecule has 1 aromatic heterocycles. The van der Waals surface area contributed by atoms with Gasteiger partial charge in [0.1, 0.15) is 5.25 Å². The van der Waals surface area contributed by atoms with Gasteiger partial charge in [-0.15, -0.1) is 8.90 Å². The Labute approximate surface area is 357 Å². The number of hydrogen-bond acceptors (Lipinski definition) is 8. The fourth-order valence-electron chi connectivity index (χ4n) is 7.57. The van der Waals surface area contributed by atoms with Crippen molar-refractivity contribution in [2.75, 3.05) is 11.4 Å². The Bertz CT molecular complexity index is 2810. The van der Waals surface area contributed by atoms with E-state index in [1.165, 1.54) is 0 Å². The van der Waals surface area contributed by atoms with Crippen LogP contribution in [-0.4, -0.2) is 24.8 Å². The lowest BCUT2D eigenvalue weighted by molar-refractivity contribution is -0.659. The highest BCUT2D eigenvalue weighted by molar-refractivity contribution is 8.31. The van der Waals surface area contributed by atoms with Crippen LogP contribution in [-0.2, 0) is 25.4 Å². The van der Waals surface area contributed by atoms with Crippen molar-refractivity contribution in [2.24, 2.45) is 0 Å². The number of rotatable bonds is 16. The van der Waals surface area contributed by atoms with Gasteiger partial charge in [0.15, 0.2) is 5.75 Å². The molecule has 8 rings (SSSR count). The molecule has 12 heteroatoms. The molecule has 0 saturated heterocycles. The largest absolute Gasteiger partial charge is 0.439 e. The van der Waals surface area contributed by atoms with Crippen molar-refractivity contribution in [3.63, 3.8) is 0 Å². The maximum Gasteiger partial charge on any atom is 0.375 e. The van der Waals surface area contributed by atoms with Crippen LogP contribution in [0.5, 0.6) is 5.75 Å². The van der Waals surface area contributed by atoms with Crippen molar-refractivity contribution < 1.29 is 41.3 Å². The average molecular weight is 854 g/mol. The smallest absolute Gasteiger partial charge is 0.375 e. The van der Waals surface area contributed by atoms with Gasteiger partial charge in [-0.05, 0) is 82.0 Å². The van der Waals surface area contributed by atoms with Crippen LogP contribution in [0.25, 0.3) is 39.4 Å². The van der Waals surface area contributed by atoms with E-state index in [9.17, 15) is 18.2 Å². The zero-order valence-electron chi connectivity index (χ0n) is 33.4. The number of fused-ring (bicyclic) bond motifs is 2. The van der Waals surface area contributed by atoms with E-state index < -0.39 is 25.7 Å². The normalized spacial score (nSPS) is 15.6. The molecule has 1 aliphatic rings. The van der Waals surface area contributed by atoms with Crippen molar-refractivity contribution in [1.29, 1.82) is 0 Å². The molecule has 2 atom stereocenters. The molecule has 0 bridgehead atoms. The Balaban J connectivity index is 1.24. The quantitative estimate of drug-likeness (QED) is 0.0423. The van der Waals surface area contributed by atoms with Crippen molar-refractivity contribution >= 4 is 43.3 Å². The zero-order valence-corrected chi connectivity index (χ0v) is 35.0. The van der Waals surface area contributed by atoms with Crippen LogP contribution >= 0.6 is 10.3 Å². The highest BCUT2D eigenvalue weighted by Gasteiger charge is 2.36. The van der Waals surface area contributed by atoms with Gasteiger partial charge in [-0.2, -0.15) is 8.42 Å². The lowest BCUT2D eigenvalue weighted by atomic mass is 10.0. The minimum atomic E-state index is -4.46. The molecule has 2 N–H and O–H groups in total. The second-order valence-electron chi connectivity index (χ2n) is 14.5. The number of nitrogens with zero attached hydrogens (tertiary/aromatic N) is 2. The predicted octanol–water partition coefficient (Wildman–Crippen LogP) is 11.9. The first-order valence-electron chi connectivity index (χ1n) is 19.8. The predicted molar refractivity (Wildman–Crippen MR) is 241 cm³/mol. The highest BCUT2D eigenvalue weighted by atomic mass is 32.3. The van der Waals surface area contributed by atoms with Gasteiger partial charge in [-0.1, -0.05) is 140 Å². The second kappa shape index (κ2) is 18.2.